The molecule has 1 heterocycles. The number of thiazole rings is 1. The number of hydrogen-bond acceptors (Lipinski definition) is 4. The molecule has 2 rings (SSSR count). The van der Waals surface area contributed by atoms with Crippen LogP contribution in [0.3, 0.4) is 0 Å². The normalized spacial score (nSPS) is 11.6. The number of methoxy groups -OCH3 is 1. The number of benzene rings is 1. The van der Waals surface area contributed by atoms with E-state index in [4.69, 9.17) is 10.5 Å². The number of ether oxygens (including phenoxy) is 1. The predicted octanol–water partition coefficient (Wildman–Crippen LogP) is 3.57. The molecule has 0 amide bonds. The van der Waals surface area contributed by atoms with Crippen LogP contribution >= 0.6 is 11.3 Å². The van der Waals surface area contributed by atoms with Gasteiger partial charge in [-0.25, -0.2) is 4.98 Å². The molecular formula is C15H20N2OS. The van der Waals surface area contributed by atoms with Crippen molar-refractivity contribution in [3.05, 3.63) is 34.8 Å². The first-order valence-electron chi connectivity index (χ1n) is 6.29. The molecule has 0 saturated heterocycles. The molecule has 102 valence electrons. The molecule has 0 fully saturated rings. The van der Waals surface area contributed by atoms with Crippen LogP contribution < -0.4 is 10.5 Å². The Balaban J connectivity index is 2.48. The average Bonchev–Trinajstić information content (AvgIpc) is 2.85. The van der Waals surface area contributed by atoms with Crippen LogP contribution in [0.4, 0.5) is 0 Å². The molecule has 3 nitrogen and oxygen atoms in total. The van der Waals surface area contributed by atoms with Gasteiger partial charge in [0.15, 0.2) is 0 Å². The fraction of sp³-hybridized carbons (Fsp3) is 0.400. The van der Waals surface area contributed by atoms with Crippen LogP contribution in [0.2, 0.25) is 0 Å². The molecule has 0 bridgehead atoms. The zero-order valence-electron chi connectivity index (χ0n) is 11.9. The number of nitrogens with zero attached hydrogens (tertiary/aromatic N) is 1. The van der Waals surface area contributed by atoms with E-state index in [2.05, 4.69) is 31.8 Å². The highest BCUT2D eigenvalue weighted by Crippen LogP contribution is 2.35. The van der Waals surface area contributed by atoms with Crippen molar-refractivity contribution in [1.29, 1.82) is 0 Å². The van der Waals surface area contributed by atoms with Crippen molar-refractivity contribution in [2.24, 2.45) is 5.73 Å². The molecule has 2 aromatic rings. The smallest absolute Gasteiger partial charge is 0.123 e. The largest absolute Gasteiger partial charge is 0.496 e. The molecule has 19 heavy (non-hydrogen) atoms. The molecule has 0 saturated carbocycles. The van der Waals surface area contributed by atoms with Gasteiger partial charge in [-0.15, -0.1) is 11.3 Å². The van der Waals surface area contributed by atoms with Crippen molar-refractivity contribution < 1.29 is 4.74 Å². The second-order valence-electron chi connectivity index (χ2n) is 5.51. The SMILES string of the molecule is COc1ccc(-c2nc(CN)cs2)cc1C(C)(C)C. The van der Waals surface area contributed by atoms with Crippen molar-refractivity contribution in [3.8, 4) is 16.3 Å². The Kier molecular flexibility index (Phi) is 3.92. The Hall–Kier alpha value is -1.39. The maximum absolute atomic E-state index is 5.61. The van der Waals surface area contributed by atoms with Crippen LogP contribution in [-0.4, -0.2) is 12.1 Å². The minimum absolute atomic E-state index is 0.0370. The topological polar surface area (TPSA) is 48.1 Å². The monoisotopic (exact) mass is 276 g/mol. The molecular weight excluding hydrogens is 256 g/mol. The van der Waals surface area contributed by atoms with Crippen LogP contribution in [0, 0.1) is 0 Å². The lowest BCUT2D eigenvalue weighted by Gasteiger charge is -2.22. The van der Waals surface area contributed by atoms with Crippen molar-refractivity contribution in [3.63, 3.8) is 0 Å². The first-order chi connectivity index (χ1) is 8.95. The summed E-state index contributed by atoms with van der Waals surface area (Å²) in [5.74, 6) is 0.923. The lowest BCUT2D eigenvalue weighted by molar-refractivity contribution is 0.397. The van der Waals surface area contributed by atoms with Crippen LogP contribution in [0.25, 0.3) is 10.6 Å². The summed E-state index contributed by atoms with van der Waals surface area (Å²) >= 11 is 1.63. The van der Waals surface area contributed by atoms with Gasteiger partial charge in [-0.1, -0.05) is 20.8 Å². The van der Waals surface area contributed by atoms with E-state index in [-0.39, 0.29) is 5.41 Å². The standard InChI is InChI=1S/C15H20N2OS/c1-15(2,3)12-7-10(5-6-13(12)18-4)14-17-11(8-16)9-19-14/h5-7,9H,8,16H2,1-4H3. The van der Waals surface area contributed by atoms with Gasteiger partial charge in [0.25, 0.3) is 0 Å². The van der Waals surface area contributed by atoms with Gasteiger partial charge < -0.3 is 10.5 Å². The molecule has 0 atom stereocenters. The van der Waals surface area contributed by atoms with E-state index in [9.17, 15) is 0 Å². The molecule has 0 spiro atoms. The van der Waals surface area contributed by atoms with Gasteiger partial charge in [-0.3, -0.25) is 0 Å². The van der Waals surface area contributed by atoms with E-state index in [1.165, 1.54) is 5.56 Å². The zero-order chi connectivity index (χ0) is 14.0. The van der Waals surface area contributed by atoms with Crippen molar-refractivity contribution >= 4 is 11.3 Å². The van der Waals surface area contributed by atoms with Crippen LogP contribution in [0.1, 0.15) is 32.0 Å². The van der Waals surface area contributed by atoms with Gasteiger partial charge in [-0.2, -0.15) is 0 Å². The van der Waals surface area contributed by atoms with Crippen LogP contribution in [-0.2, 0) is 12.0 Å². The molecule has 0 aliphatic carbocycles. The predicted molar refractivity (Wildman–Crippen MR) is 80.7 cm³/mol. The maximum Gasteiger partial charge on any atom is 0.123 e. The molecule has 1 aromatic heterocycles. The average molecular weight is 276 g/mol. The Morgan fingerprint density at radius 2 is 2.05 bits per heavy atom. The number of rotatable bonds is 3. The zero-order valence-corrected chi connectivity index (χ0v) is 12.7. The quantitative estimate of drug-likeness (QED) is 0.932. The van der Waals surface area contributed by atoms with E-state index in [1.54, 1.807) is 18.4 Å². The Morgan fingerprint density at radius 1 is 1.32 bits per heavy atom. The fourth-order valence-electron chi connectivity index (χ4n) is 1.96. The number of aromatic nitrogens is 1. The van der Waals surface area contributed by atoms with Gasteiger partial charge in [0, 0.05) is 23.1 Å². The summed E-state index contributed by atoms with van der Waals surface area (Å²) in [5, 5.41) is 3.02. The third kappa shape index (κ3) is 2.96. The summed E-state index contributed by atoms with van der Waals surface area (Å²) in [5.41, 5.74) is 8.90. The van der Waals surface area contributed by atoms with E-state index >= 15 is 0 Å². The third-order valence-corrected chi connectivity index (χ3v) is 3.96. The number of hydrogen-bond donors (Lipinski definition) is 1. The summed E-state index contributed by atoms with van der Waals surface area (Å²) < 4.78 is 5.45. The van der Waals surface area contributed by atoms with Gasteiger partial charge in [0.1, 0.15) is 10.8 Å². The minimum Gasteiger partial charge on any atom is -0.496 e. The van der Waals surface area contributed by atoms with Crippen molar-refractivity contribution in [2.45, 2.75) is 32.7 Å². The lowest BCUT2D eigenvalue weighted by atomic mass is 9.85. The molecule has 1 aromatic carbocycles. The van der Waals surface area contributed by atoms with Gasteiger partial charge in [-0.05, 0) is 23.6 Å². The Labute approximate surface area is 118 Å². The highest BCUT2D eigenvalue weighted by atomic mass is 32.1. The van der Waals surface area contributed by atoms with E-state index in [0.29, 0.717) is 6.54 Å². The minimum atomic E-state index is 0.0370. The van der Waals surface area contributed by atoms with E-state index in [1.807, 2.05) is 17.5 Å². The molecule has 2 N–H and O–H groups in total. The van der Waals surface area contributed by atoms with E-state index in [0.717, 1.165) is 22.0 Å². The second kappa shape index (κ2) is 5.31. The first kappa shape index (κ1) is 14.0. The summed E-state index contributed by atoms with van der Waals surface area (Å²) in [7, 11) is 1.71. The molecule has 0 unspecified atom stereocenters. The molecule has 0 aliphatic heterocycles. The molecule has 0 aliphatic rings. The van der Waals surface area contributed by atoms with E-state index < -0.39 is 0 Å². The lowest BCUT2D eigenvalue weighted by Crippen LogP contribution is -2.12. The van der Waals surface area contributed by atoms with Gasteiger partial charge in [0.2, 0.25) is 0 Å². The summed E-state index contributed by atoms with van der Waals surface area (Å²) in [6, 6.07) is 6.23. The summed E-state index contributed by atoms with van der Waals surface area (Å²) in [4.78, 5) is 4.53. The number of nitrogens with two attached hydrogens (primary N) is 1. The Bertz CT molecular complexity index is 570. The molecule has 4 heteroatoms. The van der Waals surface area contributed by atoms with Crippen LogP contribution in [0.5, 0.6) is 5.75 Å². The maximum atomic E-state index is 5.61. The first-order valence-corrected chi connectivity index (χ1v) is 7.17. The second-order valence-corrected chi connectivity index (χ2v) is 6.37. The van der Waals surface area contributed by atoms with Crippen molar-refractivity contribution in [1.82, 2.24) is 4.98 Å². The highest BCUT2D eigenvalue weighted by Gasteiger charge is 2.20. The van der Waals surface area contributed by atoms with Gasteiger partial charge in [0.05, 0.1) is 12.8 Å². The van der Waals surface area contributed by atoms with Crippen molar-refractivity contribution in [2.75, 3.05) is 7.11 Å². The summed E-state index contributed by atoms with van der Waals surface area (Å²) in [6.07, 6.45) is 0. The van der Waals surface area contributed by atoms with Gasteiger partial charge >= 0.3 is 0 Å². The van der Waals surface area contributed by atoms with Crippen LogP contribution in [0.15, 0.2) is 23.6 Å². The fourth-order valence-corrected chi connectivity index (χ4v) is 2.79. The highest BCUT2D eigenvalue weighted by molar-refractivity contribution is 7.13. The third-order valence-electron chi connectivity index (χ3n) is 3.02. The Morgan fingerprint density at radius 3 is 2.58 bits per heavy atom. The summed E-state index contributed by atoms with van der Waals surface area (Å²) in [6.45, 7) is 7.03. The molecule has 0 radical (unpaired) electrons.